The maximum atomic E-state index is 12.1. The van der Waals surface area contributed by atoms with Crippen LogP contribution in [0.25, 0.3) is 0 Å². The highest BCUT2D eigenvalue weighted by Gasteiger charge is 2.20. The van der Waals surface area contributed by atoms with E-state index < -0.39 is 30.4 Å². The number of amides is 3. The van der Waals surface area contributed by atoms with Crippen LogP contribution >= 0.6 is 0 Å². The Bertz CT molecular complexity index is 635. The average molecular weight is 363 g/mol. The number of hydrogen-bond donors (Lipinski definition) is 2. The van der Waals surface area contributed by atoms with Crippen LogP contribution in [0.3, 0.4) is 0 Å². The lowest BCUT2D eigenvalue weighted by Crippen LogP contribution is -2.47. The summed E-state index contributed by atoms with van der Waals surface area (Å²) in [6.07, 6.45) is 1.19. The first-order valence-corrected chi connectivity index (χ1v) is 7.90. The maximum Gasteiger partial charge on any atom is 0.351 e. The minimum absolute atomic E-state index is 0.0238. The first-order chi connectivity index (χ1) is 12.5. The van der Waals surface area contributed by atoms with Gasteiger partial charge in [0.15, 0.2) is 0 Å². The van der Waals surface area contributed by atoms with Crippen molar-refractivity contribution in [1.29, 1.82) is 0 Å². The summed E-state index contributed by atoms with van der Waals surface area (Å²) >= 11 is 0. The Kier molecular flexibility index (Phi) is 9.08. The smallest absolute Gasteiger partial charge is 0.347 e. The molecule has 0 saturated heterocycles. The van der Waals surface area contributed by atoms with E-state index in [1.807, 2.05) is 6.07 Å². The van der Waals surface area contributed by atoms with Crippen molar-refractivity contribution in [2.24, 2.45) is 0 Å². The Balaban J connectivity index is 2.48. The van der Waals surface area contributed by atoms with E-state index in [-0.39, 0.29) is 19.3 Å². The molecule has 3 amide bonds. The number of carbonyl (C=O) groups excluding carboxylic acids is 5. The van der Waals surface area contributed by atoms with Crippen LogP contribution in [0.1, 0.15) is 18.4 Å². The summed E-state index contributed by atoms with van der Waals surface area (Å²) in [5.74, 6) is -1.96. The summed E-state index contributed by atoms with van der Waals surface area (Å²) in [5.41, 5.74) is 0.838. The standard InChI is InChI=1S/C17H21N3O6/c1-20(15(23)8-5-9-21)26-16(24)11-18-17(25)14(19-12-22)10-13-6-3-2-4-7-13/h2-4,6-7,9,12,14H,5,8,10-11H2,1H3,(H,18,25)(H,19,22). The van der Waals surface area contributed by atoms with E-state index in [9.17, 15) is 24.0 Å². The number of nitrogens with zero attached hydrogens (tertiary/aromatic N) is 1. The van der Waals surface area contributed by atoms with Crippen molar-refractivity contribution in [3.63, 3.8) is 0 Å². The van der Waals surface area contributed by atoms with Gasteiger partial charge in [-0.2, -0.15) is 5.06 Å². The van der Waals surface area contributed by atoms with Crippen LogP contribution in [0.15, 0.2) is 30.3 Å². The minimum Gasteiger partial charge on any atom is -0.347 e. The number of hydroxylamine groups is 2. The van der Waals surface area contributed by atoms with Gasteiger partial charge < -0.3 is 20.3 Å². The van der Waals surface area contributed by atoms with Crippen LogP contribution in [0.4, 0.5) is 0 Å². The maximum absolute atomic E-state index is 12.1. The van der Waals surface area contributed by atoms with Gasteiger partial charge in [0.25, 0.3) is 5.91 Å². The fourth-order valence-electron chi connectivity index (χ4n) is 2.02. The van der Waals surface area contributed by atoms with Crippen molar-refractivity contribution >= 4 is 30.5 Å². The van der Waals surface area contributed by atoms with Gasteiger partial charge in [-0.05, 0) is 5.56 Å². The molecule has 2 N–H and O–H groups in total. The van der Waals surface area contributed by atoms with Crippen LogP contribution in [-0.2, 0) is 35.2 Å². The van der Waals surface area contributed by atoms with Gasteiger partial charge in [0.1, 0.15) is 18.9 Å². The van der Waals surface area contributed by atoms with Crippen molar-refractivity contribution in [2.75, 3.05) is 13.6 Å². The second-order valence-corrected chi connectivity index (χ2v) is 5.30. The van der Waals surface area contributed by atoms with Gasteiger partial charge in [-0.25, -0.2) is 4.79 Å². The molecule has 0 heterocycles. The number of rotatable bonds is 10. The quantitative estimate of drug-likeness (QED) is 0.421. The van der Waals surface area contributed by atoms with Crippen LogP contribution in [0.2, 0.25) is 0 Å². The fourth-order valence-corrected chi connectivity index (χ4v) is 2.02. The summed E-state index contributed by atoms with van der Waals surface area (Å²) in [6.45, 7) is -0.476. The fraction of sp³-hybridized carbons (Fsp3) is 0.353. The van der Waals surface area contributed by atoms with Crippen LogP contribution in [-0.4, -0.2) is 55.2 Å². The predicted octanol–water partition coefficient (Wildman–Crippen LogP) is -0.644. The predicted molar refractivity (Wildman–Crippen MR) is 90.3 cm³/mol. The zero-order valence-corrected chi connectivity index (χ0v) is 14.3. The molecule has 1 atom stereocenters. The second-order valence-electron chi connectivity index (χ2n) is 5.30. The summed E-state index contributed by atoms with van der Waals surface area (Å²) in [4.78, 5) is 61.0. The number of benzene rings is 1. The molecule has 140 valence electrons. The Morgan fingerprint density at radius 1 is 1.19 bits per heavy atom. The first-order valence-electron chi connectivity index (χ1n) is 7.90. The van der Waals surface area contributed by atoms with Crippen molar-refractivity contribution in [3.8, 4) is 0 Å². The van der Waals surface area contributed by atoms with Gasteiger partial charge in [-0.1, -0.05) is 30.3 Å². The lowest BCUT2D eigenvalue weighted by atomic mass is 10.1. The largest absolute Gasteiger partial charge is 0.351 e. The molecule has 1 rings (SSSR count). The molecule has 1 aromatic carbocycles. The highest BCUT2D eigenvalue weighted by atomic mass is 16.7. The van der Waals surface area contributed by atoms with E-state index >= 15 is 0 Å². The molecule has 1 unspecified atom stereocenters. The number of nitrogens with one attached hydrogen (secondary N) is 2. The van der Waals surface area contributed by atoms with Gasteiger partial charge in [0, 0.05) is 26.3 Å². The number of aldehydes is 1. The molecular formula is C17H21N3O6. The third-order valence-electron chi connectivity index (χ3n) is 3.34. The van der Waals surface area contributed by atoms with Gasteiger partial charge >= 0.3 is 5.97 Å². The molecule has 9 heteroatoms. The molecular weight excluding hydrogens is 342 g/mol. The molecule has 26 heavy (non-hydrogen) atoms. The minimum atomic E-state index is -0.857. The highest BCUT2D eigenvalue weighted by molar-refractivity contribution is 5.87. The van der Waals surface area contributed by atoms with Crippen molar-refractivity contribution < 1.29 is 28.8 Å². The van der Waals surface area contributed by atoms with Crippen LogP contribution in [0.5, 0.6) is 0 Å². The molecule has 0 aliphatic heterocycles. The normalized spacial score (nSPS) is 11.0. The van der Waals surface area contributed by atoms with Gasteiger partial charge in [-0.15, -0.1) is 0 Å². The number of carbonyl (C=O) groups is 5. The van der Waals surface area contributed by atoms with Gasteiger partial charge in [0.05, 0.1) is 0 Å². The average Bonchev–Trinajstić information content (AvgIpc) is 2.64. The Hall–Kier alpha value is -3.23. The summed E-state index contributed by atoms with van der Waals surface area (Å²) in [6, 6.07) is 8.20. The topological polar surface area (TPSA) is 122 Å². The van der Waals surface area contributed by atoms with Gasteiger partial charge in [-0.3, -0.25) is 14.4 Å². The zero-order valence-electron chi connectivity index (χ0n) is 14.3. The molecule has 0 aromatic heterocycles. The van der Waals surface area contributed by atoms with Crippen LogP contribution in [0, 0.1) is 0 Å². The molecule has 9 nitrogen and oxygen atoms in total. The number of hydrogen-bond acceptors (Lipinski definition) is 6. The third kappa shape index (κ3) is 7.56. The van der Waals surface area contributed by atoms with Crippen molar-refractivity contribution in [3.05, 3.63) is 35.9 Å². The van der Waals surface area contributed by atoms with E-state index in [0.717, 1.165) is 5.56 Å². The summed E-state index contributed by atoms with van der Waals surface area (Å²) in [5, 5.41) is 5.45. The molecule has 0 aliphatic rings. The second kappa shape index (κ2) is 11.3. The Morgan fingerprint density at radius 2 is 1.88 bits per heavy atom. The SMILES string of the molecule is CN(OC(=O)CNC(=O)C(Cc1ccccc1)NC=O)C(=O)CCC=O. The third-order valence-corrected chi connectivity index (χ3v) is 3.34. The molecule has 1 aromatic rings. The lowest BCUT2D eigenvalue weighted by Gasteiger charge is -2.18. The first kappa shape index (κ1) is 20.8. The van der Waals surface area contributed by atoms with E-state index in [1.165, 1.54) is 7.05 Å². The summed E-state index contributed by atoms with van der Waals surface area (Å²) < 4.78 is 0. The van der Waals surface area contributed by atoms with Crippen molar-refractivity contribution in [1.82, 2.24) is 15.7 Å². The highest BCUT2D eigenvalue weighted by Crippen LogP contribution is 2.03. The lowest BCUT2D eigenvalue weighted by molar-refractivity contribution is -0.192. The molecule has 0 fully saturated rings. The Labute approximate surface area is 150 Å². The van der Waals surface area contributed by atoms with E-state index in [1.54, 1.807) is 24.3 Å². The zero-order chi connectivity index (χ0) is 19.4. The molecule has 0 aliphatic carbocycles. The molecule has 0 saturated carbocycles. The van der Waals surface area contributed by atoms with Crippen LogP contribution < -0.4 is 10.6 Å². The van der Waals surface area contributed by atoms with E-state index in [2.05, 4.69) is 10.6 Å². The monoisotopic (exact) mass is 363 g/mol. The van der Waals surface area contributed by atoms with E-state index in [4.69, 9.17) is 4.84 Å². The van der Waals surface area contributed by atoms with E-state index in [0.29, 0.717) is 17.8 Å². The summed E-state index contributed by atoms with van der Waals surface area (Å²) in [7, 11) is 1.24. The molecule has 0 bridgehead atoms. The van der Waals surface area contributed by atoms with Gasteiger partial charge in [0.2, 0.25) is 12.3 Å². The molecule has 0 spiro atoms. The molecule has 0 radical (unpaired) electrons. The van der Waals surface area contributed by atoms with Crippen molar-refractivity contribution in [2.45, 2.75) is 25.3 Å². The Morgan fingerprint density at radius 3 is 2.50 bits per heavy atom.